The van der Waals surface area contributed by atoms with E-state index in [-0.39, 0.29) is 5.82 Å². The monoisotopic (exact) mass is 310 g/mol. The summed E-state index contributed by atoms with van der Waals surface area (Å²) in [7, 11) is 0. The second kappa shape index (κ2) is 6.08. The number of aromatic nitrogens is 3. The molecule has 0 spiro atoms. The molecule has 23 heavy (non-hydrogen) atoms. The highest BCUT2D eigenvalue weighted by Crippen LogP contribution is 2.28. The van der Waals surface area contributed by atoms with Crippen LogP contribution in [0.4, 0.5) is 4.39 Å². The summed E-state index contributed by atoms with van der Waals surface area (Å²) >= 11 is 0. The number of nitrogens with zero attached hydrogens (tertiary/aromatic N) is 3. The fourth-order valence-electron chi connectivity index (χ4n) is 3.50. The van der Waals surface area contributed by atoms with Gasteiger partial charge >= 0.3 is 0 Å². The number of rotatable bonds is 3. The maximum Gasteiger partial charge on any atom is 0.124 e. The maximum atomic E-state index is 13.8. The number of piperidine rings is 1. The van der Waals surface area contributed by atoms with E-state index in [1.165, 1.54) is 5.56 Å². The van der Waals surface area contributed by atoms with Crippen LogP contribution in [0.25, 0.3) is 10.9 Å². The molecule has 1 N–H and O–H groups in total. The molecule has 0 amide bonds. The Morgan fingerprint density at radius 1 is 1.26 bits per heavy atom. The zero-order valence-corrected chi connectivity index (χ0v) is 12.9. The normalized spacial score (nSPS) is 16.9. The Morgan fingerprint density at radius 2 is 2.13 bits per heavy atom. The fourth-order valence-corrected chi connectivity index (χ4v) is 3.50. The molecule has 2 aromatic heterocycles. The van der Waals surface area contributed by atoms with Crippen molar-refractivity contribution in [2.24, 2.45) is 0 Å². The van der Waals surface area contributed by atoms with Crippen molar-refractivity contribution >= 4 is 10.9 Å². The summed E-state index contributed by atoms with van der Waals surface area (Å²) in [5.41, 5.74) is 3.18. The second-order valence-electron chi connectivity index (χ2n) is 6.22. The van der Waals surface area contributed by atoms with Gasteiger partial charge in [-0.2, -0.15) is 5.10 Å². The minimum atomic E-state index is -0.186. The standard InChI is InChI=1S/C18H19FN4/c19-17-8-14-2-1-5-20-18(14)15(9-17)12-23-6-3-13(4-7-23)16-10-21-22-11-16/h1-2,5,8-11,13H,3-4,6-7,12H2,(H,21,22). The number of nitrogens with one attached hydrogen (secondary N) is 1. The van der Waals surface area contributed by atoms with Gasteiger partial charge in [-0.15, -0.1) is 0 Å². The molecule has 3 heterocycles. The highest BCUT2D eigenvalue weighted by atomic mass is 19.1. The first kappa shape index (κ1) is 14.3. The van der Waals surface area contributed by atoms with Crippen molar-refractivity contribution in [1.82, 2.24) is 20.1 Å². The van der Waals surface area contributed by atoms with Gasteiger partial charge in [0.2, 0.25) is 0 Å². The third-order valence-corrected chi connectivity index (χ3v) is 4.72. The molecule has 4 nitrogen and oxygen atoms in total. The van der Waals surface area contributed by atoms with Gasteiger partial charge in [0.05, 0.1) is 11.7 Å². The minimum Gasteiger partial charge on any atom is -0.299 e. The van der Waals surface area contributed by atoms with Gasteiger partial charge in [0.15, 0.2) is 0 Å². The first-order chi connectivity index (χ1) is 11.3. The smallest absolute Gasteiger partial charge is 0.124 e. The van der Waals surface area contributed by atoms with E-state index in [1.807, 2.05) is 24.5 Å². The topological polar surface area (TPSA) is 44.8 Å². The van der Waals surface area contributed by atoms with E-state index < -0.39 is 0 Å². The molecule has 0 radical (unpaired) electrons. The molecule has 1 aromatic carbocycles. The van der Waals surface area contributed by atoms with E-state index >= 15 is 0 Å². The number of halogens is 1. The summed E-state index contributed by atoms with van der Waals surface area (Å²) in [6.07, 6.45) is 7.91. The van der Waals surface area contributed by atoms with E-state index in [1.54, 1.807) is 18.3 Å². The summed E-state index contributed by atoms with van der Waals surface area (Å²) in [6.45, 7) is 2.78. The van der Waals surface area contributed by atoms with Gasteiger partial charge in [-0.1, -0.05) is 6.07 Å². The van der Waals surface area contributed by atoms with Crippen LogP contribution in [0, 0.1) is 5.82 Å². The zero-order valence-electron chi connectivity index (χ0n) is 12.9. The number of aromatic amines is 1. The number of fused-ring (bicyclic) bond motifs is 1. The Balaban J connectivity index is 1.49. The molecule has 4 rings (SSSR count). The lowest BCUT2D eigenvalue weighted by Gasteiger charge is -2.31. The summed E-state index contributed by atoms with van der Waals surface area (Å²) in [5.74, 6) is 0.390. The lowest BCUT2D eigenvalue weighted by Crippen LogP contribution is -2.32. The van der Waals surface area contributed by atoms with Crippen LogP contribution >= 0.6 is 0 Å². The highest BCUT2D eigenvalue weighted by Gasteiger charge is 2.22. The molecule has 1 saturated heterocycles. The first-order valence-corrected chi connectivity index (χ1v) is 8.04. The van der Waals surface area contributed by atoms with Crippen molar-refractivity contribution in [3.05, 3.63) is 59.8 Å². The maximum absolute atomic E-state index is 13.8. The summed E-state index contributed by atoms with van der Waals surface area (Å²) in [5, 5.41) is 7.80. The summed E-state index contributed by atoms with van der Waals surface area (Å²) in [6, 6.07) is 6.94. The SMILES string of the molecule is Fc1cc(CN2CCC(c3cn[nH]c3)CC2)c2ncccc2c1. The molecular formula is C18H19FN4. The van der Waals surface area contributed by atoms with Gasteiger partial charge in [0.25, 0.3) is 0 Å². The Kier molecular flexibility index (Phi) is 3.79. The average Bonchev–Trinajstić information content (AvgIpc) is 3.10. The van der Waals surface area contributed by atoms with Crippen molar-refractivity contribution in [1.29, 1.82) is 0 Å². The number of hydrogen-bond donors (Lipinski definition) is 1. The van der Waals surface area contributed by atoms with E-state index in [2.05, 4.69) is 20.1 Å². The van der Waals surface area contributed by atoms with Crippen LogP contribution in [0.2, 0.25) is 0 Å². The van der Waals surface area contributed by atoms with E-state index in [9.17, 15) is 4.39 Å². The fraction of sp³-hybridized carbons (Fsp3) is 0.333. The van der Waals surface area contributed by atoms with Crippen LogP contribution in [0.5, 0.6) is 0 Å². The van der Waals surface area contributed by atoms with Gasteiger partial charge in [0.1, 0.15) is 5.82 Å². The number of pyridine rings is 1. The Bertz CT molecular complexity index is 792. The van der Waals surface area contributed by atoms with Gasteiger partial charge in [-0.25, -0.2) is 4.39 Å². The van der Waals surface area contributed by atoms with E-state index in [0.717, 1.165) is 48.9 Å². The largest absolute Gasteiger partial charge is 0.299 e. The van der Waals surface area contributed by atoms with Crippen LogP contribution in [-0.4, -0.2) is 33.2 Å². The number of H-pyrrole nitrogens is 1. The number of likely N-dealkylation sites (tertiary alicyclic amines) is 1. The molecule has 3 aromatic rings. The van der Waals surface area contributed by atoms with E-state index in [4.69, 9.17) is 0 Å². The lowest BCUT2D eigenvalue weighted by molar-refractivity contribution is 0.205. The van der Waals surface area contributed by atoms with Crippen molar-refractivity contribution < 1.29 is 4.39 Å². The quantitative estimate of drug-likeness (QED) is 0.805. The van der Waals surface area contributed by atoms with Crippen molar-refractivity contribution in [2.45, 2.75) is 25.3 Å². The van der Waals surface area contributed by atoms with Gasteiger partial charge in [-0.05, 0) is 61.2 Å². The van der Waals surface area contributed by atoms with E-state index in [0.29, 0.717) is 5.92 Å². The van der Waals surface area contributed by atoms with Crippen molar-refractivity contribution in [2.75, 3.05) is 13.1 Å². The van der Waals surface area contributed by atoms with Crippen LogP contribution in [0.15, 0.2) is 42.9 Å². The Morgan fingerprint density at radius 3 is 2.91 bits per heavy atom. The molecule has 5 heteroatoms. The third-order valence-electron chi connectivity index (χ3n) is 4.72. The molecule has 0 saturated carbocycles. The summed E-state index contributed by atoms with van der Waals surface area (Å²) in [4.78, 5) is 6.83. The molecule has 1 aliphatic heterocycles. The van der Waals surface area contributed by atoms with Crippen molar-refractivity contribution in [3.63, 3.8) is 0 Å². The predicted molar refractivity (Wildman–Crippen MR) is 87.5 cm³/mol. The second-order valence-corrected chi connectivity index (χ2v) is 6.22. The van der Waals surface area contributed by atoms with Gasteiger partial charge in [-0.3, -0.25) is 15.0 Å². The first-order valence-electron chi connectivity index (χ1n) is 8.04. The Labute approximate surface area is 134 Å². The molecule has 0 bridgehead atoms. The van der Waals surface area contributed by atoms with Crippen LogP contribution in [-0.2, 0) is 6.54 Å². The molecular weight excluding hydrogens is 291 g/mol. The predicted octanol–water partition coefficient (Wildman–Crippen LogP) is 3.48. The number of benzene rings is 1. The van der Waals surface area contributed by atoms with Crippen LogP contribution in [0.3, 0.4) is 0 Å². The minimum absolute atomic E-state index is 0.186. The number of hydrogen-bond acceptors (Lipinski definition) is 3. The third kappa shape index (κ3) is 2.97. The lowest BCUT2D eigenvalue weighted by atomic mass is 9.91. The van der Waals surface area contributed by atoms with Crippen LogP contribution < -0.4 is 0 Å². The molecule has 0 aliphatic carbocycles. The average molecular weight is 310 g/mol. The van der Waals surface area contributed by atoms with Crippen LogP contribution in [0.1, 0.15) is 29.9 Å². The Hall–Kier alpha value is -2.27. The van der Waals surface area contributed by atoms with Gasteiger partial charge in [0, 0.05) is 24.3 Å². The molecule has 1 fully saturated rings. The molecule has 0 atom stereocenters. The van der Waals surface area contributed by atoms with Gasteiger partial charge < -0.3 is 0 Å². The molecule has 1 aliphatic rings. The zero-order chi connectivity index (χ0) is 15.6. The van der Waals surface area contributed by atoms with Crippen molar-refractivity contribution in [3.8, 4) is 0 Å². The highest BCUT2D eigenvalue weighted by molar-refractivity contribution is 5.81. The molecule has 0 unspecified atom stereocenters. The summed E-state index contributed by atoms with van der Waals surface area (Å²) < 4.78 is 13.8. The molecule has 118 valence electrons.